The van der Waals surface area contributed by atoms with Crippen LogP contribution in [0.3, 0.4) is 0 Å². The van der Waals surface area contributed by atoms with Crippen molar-refractivity contribution in [2.75, 3.05) is 17.2 Å². The van der Waals surface area contributed by atoms with Crippen LogP contribution in [0.2, 0.25) is 0 Å². The minimum absolute atomic E-state index is 0.252. The van der Waals surface area contributed by atoms with Crippen LogP contribution in [0.4, 0.5) is 11.4 Å². The van der Waals surface area contributed by atoms with Gasteiger partial charge in [0.15, 0.2) is 0 Å². The standard InChI is InChI=1S/C15H18N4O/c16-11-6-7-12(14-10(11)4-3-8-18-14)19-9-2-1-5-13(19)15(17)20/h3-4,6-8,13H,1-2,5,9,16H2,(H2,17,20). The number of nitrogens with zero attached hydrogens (tertiary/aromatic N) is 2. The number of primary amides is 1. The number of carbonyl (C=O) groups excluding carboxylic acids is 1. The van der Waals surface area contributed by atoms with Crippen molar-refractivity contribution < 1.29 is 4.79 Å². The summed E-state index contributed by atoms with van der Waals surface area (Å²) < 4.78 is 0. The Morgan fingerprint density at radius 1 is 1.30 bits per heavy atom. The molecule has 0 radical (unpaired) electrons. The van der Waals surface area contributed by atoms with E-state index in [4.69, 9.17) is 11.5 Å². The number of pyridine rings is 1. The van der Waals surface area contributed by atoms with E-state index in [-0.39, 0.29) is 11.9 Å². The van der Waals surface area contributed by atoms with Gasteiger partial charge in [-0.1, -0.05) is 0 Å². The Morgan fingerprint density at radius 3 is 2.95 bits per heavy atom. The van der Waals surface area contributed by atoms with Crippen molar-refractivity contribution in [3.05, 3.63) is 30.5 Å². The molecule has 0 saturated carbocycles. The van der Waals surface area contributed by atoms with Gasteiger partial charge in [-0.15, -0.1) is 0 Å². The number of carbonyl (C=O) groups is 1. The molecule has 1 aliphatic heterocycles. The molecule has 5 nitrogen and oxygen atoms in total. The first-order valence-electron chi connectivity index (χ1n) is 6.87. The summed E-state index contributed by atoms with van der Waals surface area (Å²) in [5, 5.41) is 0.916. The van der Waals surface area contributed by atoms with Crippen molar-refractivity contribution >= 4 is 28.2 Å². The third-order valence-corrected chi connectivity index (χ3v) is 3.92. The minimum atomic E-state index is -0.273. The first-order chi connectivity index (χ1) is 9.68. The molecule has 1 aromatic heterocycles. The lowest BCUT2D eigenvalue weighted by Crippen LogP contribution is -2.48. The van der Waals surface area contributed by atoms with Crippen LogP contribution in [0.5, 0.6) is 0 Å². The number of benzene rings is 1. The van der Waals surface area contributed by atoms with E-state index < -0.39 is 0 Å². The number of fused-ring (bicyclic) bond motifs is 1. The summed E-state index contributed by atoms with van der Waals surface area (Å²) in [6, 6.07) is 7.37. The molecule has 0 aliphatic carbocycles. The number of hydrogen-bond donors (Lipinski definition) is 2. The van der Waals surface area contributed by atoms with E-state index in [1.807, 2.05) is 24.3 Å². The third kappa shape index (κ3) is 2.05. The third-order valence-electron chi connectivity index (χ3n) is 3.92. The lowest BCUT2D eigenvalue weighted by molar-refractivity contribution is -0.119. The Morgan fingerprint density at radius 2 is 2.15 bits per heavy atom. The number of piperidine rings is 1. The molecule has 1 amide bonds. The Kier molecular flexibility index (Phi) is 3.18. The van der Waals surface area contributed by atoms with Crippen LogP contribution in [-0.4, -0.2) is 23.5 Å². The van der Waals surface area contributed by atoms with E-state index in [0.29, 0.717) is 5.69 Å². The Bertz CT molecular complexity index is 655. The van der Waals surface area contributed by atoms with Crippen LogP contribution >= 0.6 is 0 Å². The van der Waals surface area contributed by atoms with Crippen molar-refractivity contribution in [1.29, 1.82) is 0 Å². The van der Waals surface area contributed by atoms with Gasteiger partial charge in [-0.3, -0.25) is 9.78 Å². The summed E-state index contributed by atoms with van der Waals surface area (Å²) in [5.41, 5.74) is 14.0. The zero-order chi connectivity index (χ0) is 14.1. The van der Waals surface area contributed by atoms with Gasteiger partial charge in [0.05, 0.1) is 11.2 Å². The lowest BCUT2D eigenvalue weighted by atomic mass is 9.99. The molecule has 20 heavy (non-hydrogen) atoms. The molecule has 1 unspecified atom stereocenters. The maximum Gasteiger partial charge on any atom is 0.240 e. The molecule has 4 N–H and O–H groups in total. The lowest BCUT2D eigenvalue weighted by Gasteiger charge is -2.36. The van der Waals surface area contributed by atoms with Crippen molar-refractivity contribution in [3.63, 3.8) is 0 Å². The maximum atomic E-state index is 11.7. The molecule has 3 rings (SSSR count). The normalized spacial score (nSPS) is 19.2. The zero-order valence-corrected chi connectivity index (χ0v) is 11.2. The summed E-state index contributed by atoms with van der Waals surface area (Å²) in [6.45, 7) is 0.823. The molecular formula is C15H18N4O. The van der Waals surface area contributed by atoms with Gasteiger partial charge < -0.3 is 16.4 Å². The molecule has 1 atom stereocenters. The number of rotatable bonds is 2. The number of hydrogen-bond acceptors (Lipinski definition) is 4. The van der Waals surface area contributed by atoms with Crippen LogP contribution in [0.25, 0.3) is 10.9 Å². The first-order valence-corrected chi connectivity index (χ1v) is 6.87. The molecular weight excluding hydrogens is 252 g/mol. The summed E-state index contributed by atoms with van der Waals surface area (Å²) in [5.74, 6) is -0.273. The van der Waals surface area contributed by atoms with Gasteiger partial charge in [-0.2, -0.15) is 0 Å². The molecule has 1 aliphatic rings. The Balaban J connectivity index is 2.13. The predicted molar refractivity (Wildman–Crippen MR) is 80.3 cm³/mol. The van der Waals surface area contributed by atoms with Crippen LogP contribution < -0.4 is 16.4 Å². The van der Waals surface area contributed by atoms with Crippen molar-refractivity contribution in [2.24, 2.45) is 5.73 Å². The summed E-state index contributed by atoms with van der Waals surface area (Å²) >= 11 is 0. The second kappa shape index (κ2) is 5.00. The van der Waals surface area contributed by atoms with Gasteiger partial charge in [-0.25, -0.2) is 0 Å². The van der Waals surface area contributed by atoms with E-state index in [9.17, 15) is 4.79 Å². The molecule has 0 spiro atoms. The molecule has 1 saturated heterocycles. The highest BCUT2D eigenvalue weighted by Gasteiger charge is 2.28. The van der Waals surface area contributed by atoms with E-state index >= 15 is 0 Å². The largest absolute Gasteiger partial charge is 0.398 e. The summed E-state index contributed by atoms with van der Waals surface area (Å²) in [6.07, 6.45) is 4.63. The first kappa shape index (κ1) is 12.7. The van der Waals surface area contributed by atoms with Gasteiger partial charge >= 0.3 is 0 Å². The number of nitrogens with two attached hydrogens (primary N) is 2. The van der Waals surface area contributed by atoms with Crippen LogP contribution in [0.1, 0.15) is 19.3 Å². The number of nitrogen functional groups attached to an aromatic ring is 1. The van der Waals surface area contributed by atoms with E-state index in [1.165, 1.54) is 0 Å². The smallest absolute Gasteiger partial charge is 0.240 e. The van der Waals surface area contributed by atoms with Crippen LogP contribution in [0.15, 0.2) is 30.5 Å². The number of aromatic nitrogens is 1. The minimum Gasteiger partial charge on any atom is -0.398 e. The maximum absolute atomic E-state index is 11.7. The predicted octanol–water partition coefficient (Wildman–Crippen LogP) is 1.66. The Hall–Kier alpha value is -2.30. The molecule has 1 fully saturated rings. The van der Waals surface area contributed by atoms with Gasteiger partial charge in [-0.05, 0) is 43.5 Å². The highest BCUT2D eigenvalue weighted by Crippen LogP contribution is 2.32. The average Bonchev–Trinajstić information content (AvgIpc) is 2.48. The van der Waals surface area contributed by atoms with Gasteiger partial charge in [0.1, 0.15) is 6.04 Å². The molecule has 5 heteroatoms. The Labute approximate surface area is 117 Å². The topological polar surface area (TPSA) is 85.2 Å². The van der Waals surface area contributed by atoms with Crippen molar-refractivity contribution in [2.45, 2.75) is 25.3 Å². The van der Waals surface area contributed by atoms with Gasteiger partial charge in [0.2, 0.25) is 5.91 Å². The molecule has 1 aromatic carbocycles. The highest BCUT2D eigenvalue weighted by molar-refractivity contribution is 6.00. The SMILES string of the molecule is NC(=O)C1CCCCN1c1ccc(N)c2cccnc12. The number of anilines is 2. The van der Waals surface area contributed by atoms with Crippen LogP contribution in [0, 0.1) is 0 Å². The highest BCUT2D eigenvalue weighted by atomic mass is 16.1. The molecule has 104 valence electrons. The van der Waals surface area contributed by atoms with E-state index in [2.05, 4.69) is 9.88 Å². The van der Waals surface area contributed by atoms with Crippen molar-refractivity contribution in [3.8, 4) is 0 Å². The summed E-state index contributed by atoms with van der Waals surface area (Å²) in [7, 11) is 0. The monoisotopic (exact) mass is 270 g/mol. The molecule has 0 bridgehead atoms. The molecule has 2 heterocycles. The fourth-order valence-electron chi connectivity index (χ4n) is 2.93. The quantitative estimate of drug-likeness (QED) is 0.813. The second-order valence-electron chi connectivity index (χ2n) is 5.18. The fraction of sp³-hybridized carbons (Fsp3) is 0.333. The van der Waals surface area contributed by atoms with E-state index in [0.717, 1.165) is 42.4 Å². The van der Waals surface area contributed by atoms with Crippen molar-refractivity contribution in [1.82, 2.24) is 4.98 Å². The van der Waals surface area contributed by atoms with Gasteiger partial charge in [0, 0.05) is 23.8 Å². The second-order valence-corrected chi connectivity index (χ2v) is 5.18. The van der Waals surface area contributed by atoms with Crippen LogP contribution in [-0.2, 0) is 4.79 Å². The van der Waals surface area contributed by atoms with E-state index in [1.54, 1.807) is 6.20 Å². The number of amides is 1. The fourth-order valence-corrected chi connectivity index (χ4v) is 2.93. The zero-order valence-electron chi connectivity index (χ0n) is 11.2. The van der Waals surface area contributed by atoms with Gasteiger partial charge in [0.25, 0.3) is 0 Å². The average molecular weight is 270 g/mol. The molecule has 2 aromatic rings. The summed E-state index contributed by atoms with van der Waals surface area (Å²) in [4.78, 5) is 18.2.